The zero-order chi connectivity index (χ0) is 24.7. The summed E-state index contributed by atoms with van der Waals surface area (Å²) in [6.07, 6.45) is 1.25. The van der Waals surface area contributed by atoms with Crippen molar-refractivity contribution in [3.63, 3.8) is 0 Å². The molecule has 6 N–H and O–H groups in total. The lowest BCUT2D eigenvalue weighted by Gasteiger charge is -2.56. The summed E-state index contributed by atoms with van der Waals surface area (Å²) in [4.78, 5) is 14.0. The quantitative estimate of drug-likeness (QED) is 0.310. The smallest absolute Gasteiger partial charge is 0.145 e. The van der Waals surface area contributed by atoms with E-state index in [1.54, 1.807) is 0 Å². The highest BCUT2D eigenvalue weighted by molar-refractivity contribution is 5.89. The minimum Gasteiger partial charge on any atom is -0.396 e. The molecule has 0 amide bonds. The second kappa shape index (κ2) is 10.0. The number of rotatable bonds is 7. The number of fused-ring (bicyclic) bond motifs is 1. The van der Waals surface area contributed by atoms with Gasteiger partial charge in [-0.05, 0) is 61.2 Å². The van der Waals surface area contributed by atoms with E-state index < -0.39 is 48.3 Å². The molecule has 0 saturated heterocycles. The van der Waals surface area contributed by atoms with Crippen molar-refractivity contribution in [2.24, 2.45) is 46.3 Å². The Hall–Kier alpha value is -0.830. The lowest BCUT2D eigenvalue weighted by Crippen LogP contribution is -2.67. The Morgan fingerprint density at radius 2 is 1.67 bits per heavy atom. The molecule has 3 aliphatic carbocycles. The van der Waals surface area contributed by atoms with Crippen molar-refractivity contribution >= 4 is 5.78 Å². The highest BCUT2D eigenvalue weighted by atomic mass is 16.4. The summed E-state index contributed by atoms with van der Waals surface area (Å²) in [5, 5.41) is 62.5. The summed E-state index contributed by atoms with van der Waals surface area (Å²) in [5.41, 5.74) is -1.81. The SMILES string of the molecule is CC(C)C=CC(C)C1CCC(C2CC(O)C3C(O)C(O)C(O)CC3(CO)C2=O)C1(C)CCO. The third kappa shape index (κ3) is 4.45. The van der Waals surface area contributed by atoms with Gasteiger partial charge in [0.05, 0.1) is 30.3 Å². The fourth-order valence-electron chi connectivity index (χ4n) is 7.70. The molecule has 3 rings (SSSR count). The van der Waals surface area contributed by atoms with Crippen LogP contribution in [0.15, 0.2) is 12.2 Å². The molecule has 0 radical (unpaired) electrons. The molecular formula is C26H44O7. The molecule has 0 heterocycles. The summed E-state index contributed by atoms with van der Waals surface area (Å²) in [7, 11) is 0. The molecule has 7 heteroatoms. The van der Waals surface area contributed by atoms with Gasteiger partial charge in [-0.3, -0.25) is 4.79 Å². The predicted molar refractivity (Wildman–Crippen MR) is 124 cm³/mol. The van der Waals surface area contributed by atoms with E-state index >= 15 is 0 Å². The van der Waals surface area contributed by atoms with Gasteiger partial charge in [-0.15, -0.1) is 0 Å². The second-order valence-electron chi connectivity index (χ2n) is 11.6. The first-order chi connectivity index (χ1) is 15.4. The number of carbonyl (C=O) groups excluding carboxylic acids is 1. The summed E-state index contributed by atoms with van der Waals surface area (Å²) < 4.78 is 0. The van der Waals surface area contributed by atoms with Crippen LogP contribution >= 0.6 is 0 Å². The number of carbonyl (C=O) groups is 1. The van der Waals surface area contributed by atoms with Crippen LogP contribution in [0.25, 0.3) is 0 Å². The van der Waals surface area contributed by atoms with Crippen LogP contribution in [0.3, 0.4) is 0 Å². The first kappa shape index (κ1) is 26.8. The Bertz CT molecular complexity index is 723. The molecule has 0 aromatic rings. The van der Waals surface area contributed by atoms with Crippen LogP contribution in [0.1, 0.15) is 59.8 Å². The maximum atomic E-state index is 14.0. The molecule has 33 heavy (non-hydrogen) atoms. The van der Waals surface area contributed by atoms with Crippen LogP contribution in [0.5, 0.6) is 0 Å². The Morgan fingerprint density at radius 3 is 2.24 bits per heavy atom. The standard InChI is InChI=1S/C26H44O7/c1-14(2)5-6-15(3)17-7-8-18(25(17,4)9-10-27)16-11-19(29)21-23(32)22(31)20(30)12-26(21,13-28)24(16)33/h5-6,14-23,27-32H,7-13H2,1-4H3. The van der Waals surface area contributed by atoms with Crippen LogP contribution in [-0.2, 0) is 4.79 Å². The van der Waals surface area contributed by atoms with Gasteiger partial charge in [-0.1, -0.05) is 39.8 Å². The summed E-state index contributed by atoms with van der Waals surface area (Å²) in [6, 6.07) is 0. The van der Waals surface area contributed by atoms with Crippen LogP contribution in [0.2, 0.25) is 0 Å². The Labute approximate surface area is 197 Å². The third-order valence-corrected chi connectivity index (χ3v) is 9.40. The van der Waals surface area contributed by atoms with Crippen LogP contribution < -0.4 is 0 Å². The maximum Gasteiger partial charge on any atom is 0.145 e. The van der Waals surface area contributed by atoms with Gasteiger partial charge in [0.1, 0.15) is 11.9 Å². The fourth-order valence-corrected chi connectivity index (χ4v) is 7.70. The van der Waals surface area contributed by atoms with Crippen molar-refractivity contribution in [2.45, 2.75) is 84.2 Å². The van der Waals surface area contributed by atoms with E-state index in [2.05, 4.69) is 39.8 Å². The first-order valence-electron chi connectivity index (χ1n) is 12.6. The van der Waals surface area contributed by atoms with E-state index in [0.29, 0.717) is 12.3 Å². The van der Waals surface area contributed by atoms with Gasteiger partial charge in [0.2, 0.25) is 0 Å². The molecule has 3 fully saturated rings. The molecule has 3 saturated carbocycles. The Balaban J connectivity index is 1.96. The van der Waals surface area contributed by atoms with E-state index in [9.17, 15) is 35.4 Å². The molecule has 0 aromatic carbocycles. The monoisotopic (exact) mass is 468 g/mol. The molecular weight excluding hydrogens is 424 g/mol. The largest absolute Gasteiger partial charge is 0.396 e. The molecule has 0 spiro atoms. The van der Waals surface area contributed by atoms with Crippen molar-refractivity contribution in [2.75, 3.05) is 13.2 Å². The molecule has 7 nitrogen and oxygen atoms in total. The van der Waals surface area contributed by atoms with Crippen molar-refractivity contribution in [1.82, 2.24) is 0 Å². The number of ketones is 1. The molecule has 3 aliphatic rings. The van der Waals surface area contributed by atoms with Crippen molar-refractivity contribution in [3.8, 4) is 0 Å². The average molecular weight is 469 g/mol. The predicted octanol–water partition coefficient (Wildman–Crippen LogP) is 1.28. The fraction of sp³-hybridized carbons (Fsp3) is 0.885. The highest BCUT2D eigenvalue weighted by Gasteiger charge is 2.65. The first-order valence-corrected chi connectivity index (χ1v) is 12.6. The van der Waals surface area contributed by atoms with Gasteiger partial charge in [0.15, 0.2) is 0 Å². The van der Waals surface area contributed by atoms with E-state index in [0.717, 1.165) is 12.8 Å². The van der Waals surface area contributed by atoms with Crippen LogP contribution in [-0.4, -0.2) is 74.1 Å². The summed E-state index contributed by atoms with van der Waals surface area (Å²) >= 11 is 0. The Morgan fingerprint density at radius 1 is 1.00 bits per heavy atom. The zero-order valence-electron chi connectivity index (χ0n) is 20.5. The molecule has 11 unspecified atom stereocenters. The molecule has 0 aromatic heterocycles. The lowest BCUT2D eigenvalue weighted by molar-refractivity contribution is -0.216. The molecule has 11 atom stereocenters. The second-order valence-corrected chi connectivity index (χ2v) is 11.6. The van der Waals surface area contributed by atoms with Gasteiger partial charge < -0.3 is 30.6 Å². The van der Waals surface area contributed by atoms with E-state index in [1.165, 1.54) is 0 Å². The molecule has 190 valence electrons. The highest BCUT2D eigenvalue weighted by Crippen LogP contribution is 2.60. The van der Waals surface area contributed by atoms with Gasteiger partial charge in [-0.2, -0.15) is 0 Å². The molecule has 0 bridgehead atoms. The number of allylic oxidation sites excluding steroid dienone is 2. The van der Waals surface area contributed by atoms with Crippen LogP contribution in [0.4, 0.5) is 0 Å². The number of aliphatic hydroxyl groups excluding tert-OH is 6. The van der Waals surface area contributed by atoms with Crippen molar-refractivity contribution in [1.29, 1.82) is 0 Å². The zero-order valence-corrected chi connectivity index (χ0v) is 20.5. The minimum atomic E-state index is -1.48. The summed E-state index contributed by atoms with van der Waals surface area (Å²) in [5.74, 6) is -0.903. The summed E-state index contributed by atoms with van der Waals surface area (Å²) in [6.45, 7) is 7.99. The van der Waals surface area contributed by atoms with Gasteiger partial charge in [0.25, 0.3) is 0 Å². The number of aliphatic hydroxyl groups is 6. The average Bonchev–Trinajstić information content (AvgIpc) is 3.09. The van der Waals surface area contributed by atoms with Crippen LogP contribution in [0, 0.1) is 46.3 Å². The van der Waals surface area contributed by atoms with Gasteiger partial charge in [0, 0.05) is 18.4 Å². The maximum absolute atomic E-state index is 14.0. The third-order valence-electron chi connectivity index (χ3n) is 9.40. The minimum absolute atomic E-state index is 0.00493. The van der Waals surface area contributed by atoms with Crippen molar-refractivity contribution < 1.29 is 35.4 Å². The Kier molecular flexibility index (Phi) is 8.14. The van der Waals surface area contributed by atoms with Crippen molar-refractivity contribution in [3.05, 3.63) is 12.2 Å². The number of Topliss-reactive ketones (excluding diaryl/α,β-unsaturated/α-hetero) is 1. The topological polar surface area (TPSA) is 138 Å². The number of hydrogen-bond acceptors (Lipinski definition) is 7. The lowest BCUT2D eigenvalue weighted by atomic mass is 9.50. The van der Waals surface area contributed by atoms with E-state index in [1.807, 2.05) is 0 Å². The van der Waals surface area contributed by atoms with Gasteiger partial charge in [-0.25, -0.2) is 0 Å². The van der Waals surface area contributed by atoms with E-state index in [4.69, 9.17) is 0 Å². The van der Waals surface area contributed by atoms with Gasteiger partial charge >= 0.3 is 0 Å². The molecule has 0 aliphatic heterocycles. The number of hydrogen-bond donors (Lipinski definition) is 6. The normalized spacial score (nSPS) is 47.3. The van der Waals surface area contributed by atoms with E-state index in [-0.39, 0.29) is 48.4 Å².